The van der Waals surface area contributed by atoms with Crippen LogP contribution >= 0.6 is 0 Å². The highest BCUT2D eigenvalue weighted by Crippen LogP contribution is 2.23. The van der Waals surface area contributed by atoms with E-state index in [0.29, 0.717) is 5.56 Å². The van der Waals surface area contributed by atoms with Crippen molar-refractivity contribution < 1.29 is 9.18 Å². The van der Waals surface area contributed by atoms with Crippen LogP contribution in [0.15, 0.2) is 24.3 Å². The molecule has 2 rings (SSSR count). The quantitative estimate of drug-likeness (QED) is 0.753. The second-order valence-corrected chi connectivity index (χ2v) is 4.20. The van der Waals surface area contributed by atoms with Gasteiger partial charge in [0.1, 0.15) is 5.82 Å². The highest BCUT2D eigenvalue weighted by molar-refractivity contribution is 6.03. The molecule has 0 aromatic heterocycles. The van der Waals surface area contributed by atoms with Crippen LogP contribution in [0.5, 0.6) is 0 Å². The van der Waals surface area contributed by atoms with Crippen molar-refractivity contribution in [1.29, 1.82) is 0 Å². The average Bonchev–Trinajstić information content (AvgIpc) is 2.67. The highest BCUT2D eigenvalue weighted by Gasteiger charge is 2.36. The number of Topliss-reactive ketones (excluding diaryl/α,β-unsaturated/α-hetero) is 1. The number of benzene rings is 1. The maximum Gasteiger partial charge on any atom is 0.182 e. The van der Waals surface area contributed by atoms with Gasteiger partial charge in [0.15, 0.2) is 5.78 Å². The largest absolute Gasteiger partial charge is 0.305 e. The third-order valence-electron chi connectivity index (χ3n) is 2.98. The molecule has 1 atom stereocenters. The van der Waals surface area contributed by atoms with Crippen LogP contribution in [0.25, 0.3) is 0 Å². The van der Waals surface area contributed by atoms with Gasteiger partial charge in [-0.2, -0.15) is 0 Å². The summed E-state index contributed by atoms with van der Waals surface area (Å²) in [6, 6.07) is 5.74. The van der Waals surface area contributed by atoms with Gasteiger partial charge in [0, 0.05) is 5.56 Å². The van der Waals surface area contributed by atoms with E-state index in [1.165, 1.54) is 12.1 Å². The van der Waals surface area contributed by atoms with Crippen LogP contribution < -0.4 is 5.32 Å². The second-order valence-electron chi connectivity index (χ2n) is 4.20. The molecule has 1 aromatic rings. The number of hydrogen-bond donors (Lipinski definition) is 1. The molecule has 1 saturated heterocycles. The van der Waals surface area contributed by atoms with Crippen molar-refractivity contribution in [3.05, 3.63) is 35.6 Å². The molecule has 1 aromatic carbocycles. The number of nitrogens with one attached hydrogen (secondary N) is 1. The van der Waals surface area contributed by atoms with E-state index in [2.05, 4.69) is 5.32 Å². The van der Waals surface area contributed by atoms with E-state index in [1.807, 2.05) is 6.92 Å². The van der Waals surface area contributed by atoms with Crippen molar-refractivity contribution >= 4 is 5.78 Å². The van der Waals surface area contributed by atoms with Gasteiger partial charge in [-0.05, 0) is 50.6 Å². The second kappa shape index (κ2) is 3.74. The zero-order chi connectivity index (χ0) is 10.9. The SMILES string of the molecule is CC1(C(=O)c2ccc(F)cc2)CCCN1. The average molecular weight is 207 g/mol. The maximum atomic E-state index is 12.7. The summed E-state index contributed by atoms with van der Waals surface area (Å²) in [7, 11) is 0. The summed E-state index contributed by atoms with van der Waals surface area (Å²) in [6.07, 6.45) is 1.87. The van der Waals surface area contributed by atoms with Crippen molar-refractivity contribution in [3.63, 3.8) is 0 Å². The fourth-order valence-electron chi connectivity index (χ4n) is 2.01. The lowest BCUT2D eigenvalue weighted by Crippen LogP contribution is -2.44. The lowest BCUT2D eigenvalue weighted by atomic mass is 9.90. The molecule has 0 spiro atoms. The summed E-state index contributed by atoms with van der Waals surface area (Å²) in [5.41, 5.74) is 0.117. The van der Waals surface area contributed by atoms with Crippen LogP contribution in [0.4, 0.5) is 4.39 Å². The van der Waals surface area contributed by atoms with Gasteiger partial charge in [-0.1, -0.05) is 0 Å². The van der Waals surface area contributed by atoms with Crippen LogP contribution in [0.3, 0.4) is 0 Å². The van der Waals surface area contributed by atoms with Crippen molar-refractivity contribution in [2.45, 2.75) is 25.3 Å². The standard InChI is InChI=1S/C12H14FNO/c1-12(7-2-8-14-12)11(15)9-3-5-10(13)6-4-9/h3-6,14H,2,7-8H2,1H3. The van der Waals surface area contributed by atoms with Gasteiger partial charge in [0.25, 0.3) is 0 Å². The summed E-state index contributed by atoms with van der Waals surface area (Å²) < 4.78 is 12.7. The Morgan fingerprint density at radius 3 is 2.60 bits per heavy atom. The Labute approximate surface area is 88.5 Å². The Morgan fingerprint density at radius 2 is 2.07 bits per heavy atom. The third-order valence-corrected chi connectivity index (χ3v) is 2.98. The Kier molecular flexibility index (Phi) is 2.57. The zero-order valence-corrected chi connectivity index (χ0v) is 8.72. The van der Waals surface area contributed by atoms with Crippen LogP contribution in [-0.2, 0) is 0 Å². The van der Waals surface area contributed by atoms with E-state index in [4.69, 9.17) is 0 Å². The van der Waals surface area contributed by atoms with Gasteiger partial charge in [-0.3, -0.25) is 4.79 Å². The molecular formula is C12H14FNO. The van der Waals surface area contributed by atoms with E-state index < -0.39 is 5.54 Å². The third kappa shape index (κ3) is 1.92. The van der Waals surface area contributed by atoms with Gasteiger partial charge < -0.3 is 5.32 Å². The number of halogens is 1. The summed E-state index contributed by atoms with van der Waals surface area (Å²) in [6.45, 7) is 2.79. The Hall–Kier alpha value is -1.22. The predicted octanol–water partition coefficient (Wildman–Crippen LogP) is 2.15. The van der Waals surface area contributed by atoms with E-state index >= 15 is 0 Å². The maximum absolute atomic E-state index is 12.7. The predicted molar refractivity (Wildman–Crippen MR) is 56.4 cm³/mol. The molecule has 15 heavy (non-hydrogen) atoms. The molecule has 1 aliphatic heterocycles. The lowest BCUT2D eigenvalue weighted by molar-refractivity contribution is 0.0884. The highest BCUT2D eigenvalue weighted by atomic mass is 19.1. The normalized spacial score (nSPS) is 25.5. The summed E-state index contributed by atoms with van der Waals surface area (Å²) in [4.78, 5) is 12.1. The van der Waals surface area contributed by atoms with Gasteiger partial charge >= 0.3 is 0 Å². The van der Waals surface area contributed by atoms with Crippen molar-refractivity contribution in [1.82, 2.24) is 5.32 Å². The van der Waals surface area contributed by atoms with E-state index in [0.717, 1.165) is 19.4 Å². The molecule has 1 N–H and O–H groups in total. The molecule has 0 radical (unpaired) electrons. The number of carbonyl (C=O) groups excluding carboxylic acids is 1. The molecular weight excluding hydrogens is 193 g/mol. The van der Waals surface area contributed by atoms with Crippen LogP contribution in [0.1, 0.15) is 30.1 Å². The smallest absolute Gasteiger partial charge is 0.182 e. The Morgan fingerprint density at radius 1 is 1.40 bits per heavy atom. The van der Waals surface area contributed by atoms with Gasteiger partial charge in [0.05, 0.1) is 5.54 Å². The summed E-state index contributed by atoms with van der Waals surface area (Å²) in [5.74, 6) is -0.254. The van der Waals surface area contributed by atoms with Crippen LogP contribution in [-0.4, -0.2) is 17.9 Å². The van der Waals surface area contributed by atoms with Crippen molar-refractivity contribution in [2.24, 2.45) is 0 Å². The zero-order valence-electron chi connectivity index (χ0n) is 8.72. The van der Waals surface area contributed by atoms with Crippen LogP contribution in [0.2, 0.25) is 0 Å². The topological polar surface area (TPSA) is 29.1 Å². The van der Waals surface area contributed by atoms with Gasteiger partial charge in [0.2, 0.25) is 0 Å². The van der Waals surface area contributed by atoms with E-state index in [1.54, 1.807) is 12.1 Å². The molecule has 0 amide bonds. The Balaban J connectivity index is 2.24. The minimum atomic E-state index is -0.460. The molecule has 0 saturated carbocycles. The van der Waals surface area contributed by atoms with Crippen molar-refractivity contribution in [2.75, 3.05) is 6.54 Å². The molecule has 1 unspecified atom stereocenters. The van der Waals surface area contributed by atoms with E-state index in [-0.39, 0.29) is 11.6 Å². The molecule has 0 aliphatic carbocycles. The van der Waals surface area contributed by atoms with Crippen molar-refractivity contribution in [3.8, 4) is 0 Å². The number of carbonyl (C=O) groups is 1. The first-order valence-corrected chi connectivity index (χ1v) is 5.17. The molecule has 1 heterocycles. The minimum absolute atomic E-state index is 0.0556. The fraction of sp³-hybridized carbons (Fsp3) is 0.417. The lowest BCUT2D eigenvalue weighted by Gasteiger charge is -2.22. The molecule has 2 nitrogen and oxygen atoms in total. The summed E-state index contributed by atoms with van der Waals surface area (Å²) >= 11 is 0. The minimum Gasteiger partial charge on any atom is -0.305 e. The van der Waals surface area contributed by atoms with Gasteiger partial charge in [-0.15, -0.1) is 0 Å². The monoisotopic (exact) mass is 207 g/mol. The first-order chi connectivity index (χ1) is 7.12. The first kappa shape index (κ1) is 10.3. The van der Waals surface area contributed by atoms with Gasteiger partial charge in [-0.25, -0.2) is 4.39 Å². The number of ketones is 1. The molecule has 1 fully saturated rings. The Bertz CT molecular complexity index is 366. The van der Waals surface area contributed by atoms with E-state index in [9.17, 15) is 9.18 Å². The summed E-state index contributed by atoms with van der Waals surface area (Å²) in [5, 5.41) is 3.20. The number of hydrogen-bond acceptors (Lipinski definition) is 2. The molecule has 1 aliphatic rings. The molecule has 0 bridgehead atoms. The molecule has 80 valence electrons. The number of rotatable bonds is 2. The van der Waals surface area contributed by atoms with Crippen LogP contribution in [0, 0.1) is 5.82 Å². The molecule has 3 heteroatoms. The fourth-order valence-corrected chi connectivity index (χ4v) is 2.01. The first-order valence-electron chi connectivity index (χ1n) is 5.17.